The predicted octanol–water partition coefficient (Wildman–Crippen LogP) is 3.46. The second-order valence-corrected chi connectivity index (χ2v) is 7.22. The summed E-state index contributed by atoms with van der Waals surface area (Å²) in [5.41, 5.74) is -1.98. The summed E-state index contributed by atoms with van der Waals surface area (Å²) in [7, 11) is -4.52. The van der Waals surface area contributed by atoms with E-state index in [1.807, 2.05) is 0 Å². The van der Waals surface area contributed by atoms with Gasteiger partial charge in [-0.1, -0.05) is 64.7 Å². The van der Waals surface area contributed by atoms with Crippen molar-refractivity contribution in [2.75, 3.05) is 0 Å². The quantitative estimate of drug-likeness (QED) is 0.377. The SMILES string of the molecule is CCCCCCCCCCCCC(=O)CC(O)S(=O)(=O)O. The van der Waals surface area contributed by atoms with E-state index in [1.54, 1.807) is 0 Å². The molecule has 21 heavy (non-hydrogen) atoms. The van der Waals surface area contributed by atoms with Crippen LogP contribution < -0.4 is 0 Å². The third-order valence-electron chi connectivity index (χ3n) is 3.56. The molecule has 0 aliphatic heterocycles. The van der Waals surface area contributed by atoms with E-state index in [9.17, 15) is 13.2 Å². The maximum Gasteiger partial charge on any atom is 0.292 e. The first-order valence-corrected chi connectivity index (χ1v) is 9.54. The van der Waals surface area contributed by atoms with Crippen LogP contribution in [-0.2, 0) is 14.9 Å². The second kappa shape index (κ2) is 12.1. The first kappa shape index (κ1) is 20.5. The summed E-state index contributed by atoms with van der Waals surface area (Å²) in [5, 5.41) is 9.06. The summed E-state index contributed by atoms with van der Waals surface area (Å²) >= 11 is 0. The maximum absolute atomic E-state index is 11.4. The Morgan fingerprint density at radius 2 is 1.33 bits per heavy atom. The minimum absolute atomic E-state index is 0.267. The Morgan fingerprint density at radius 3 is 1.76 bits per heavy atom. The summed E-state index contributed by atoms with van der Waals surface area (Å²) in [6.07, 6.45) is 11.4. The van der Waals surface area contributed by atoms with E-state index in [1.165, 1.54) is 44.9 Å². The van der Waals surface area contributed by atoms with Crippen LogP contribution in [0.5, 0.6) is 0 Å². The van der Waals surface area contributed by atoms with Gasteiger partial charge >= 0.3 is 0 Å². The van der Waals surface area contributed by atoms with Crippen LogP contribution in [0.3, 0.4) is 0 Å². The average molecular weight is 322 g/mol. The zero-order valence-corrected chi connectivity index (χ0v) is 13.9. The number of ketones is 1. The van der Waals surface area contributed by atoms with Crippen LogP contribution in [0.2, 0.25) is 0 Å². The summed E-state index contributed by atoms with van der Waals surface area (Å²) in [6.45, 7) is 2.20. The highest BCUT2D eigenvalue weighted by atomic mass is 32.2. The Kier molecular flexibility index (Phi) is 11.9. The summed E-state index contributed by atoms with van der Waals surface area (Å²) in [4.78, 5) is 11.4. The van der Waals surface area contributed by atoms with E-state index in [2.05, 4.69) is 6.92 Å². The lowest BCUT2D eigenvalue weighted by molar-refractivity contribution is -0.120. The van der Waals surface area contributed by atoms with Crippen LogP contribution in [0.25, 0.3) is 0 Å². The van der Waals surface area contributed by atoms with E-state index in [-0.39, 0.29) is 12.2 Å². The van der Waals surface area contributed by atoms with Gasteiger partial charge in [-0.2, -0.15) is 8.42 Å². The van der Waals surface area contributed by atoms with Crippen LogP contribution in [0, 0.1) is 0 Å². The van der Waals surface area contributed by atoms with E-state index in [0.29, 0.717) is 6.42 Å². The topological polar surface area (TPSA) is 91.7 Å². The van der Waals surface area contributed by atoms with Gasteiger partial charge in [0.2, 0.25) is 0 Å². The highest BCUT2D eigenvalue weighted by Crippen LogP contribution is 2.12. The van der Waals surface area contributed by atoms with E-state index in [4.69, 9.17) is 9.66 Å². The number of rotatable bonds is 14. The molecule has 0 bridgehead atoms. The molecular formula is C15H30O5S. The third-order valence-corrected chi connectivity index (χ3v) is 4.41. The van der Waals surface area contributed by atoms with E-state index in [0.717, 1.165) is 12.8 Å². The maximum atomic E-state index is 11.4. The molecule has 126 valence electrons. The molecule has 5 nitrogen and oxygen atoms in total. The smallest absolute Gasteiger partial charge is 0.292 e. The van der Waals surface area contributed by atoms with Crippen molar-refractivity contribution in [1.82, 2.24) is 0 Å². The fraction of sp³-hybridized carbons (Fsp3) is 0.933. The Labute approximate surface area is 128 Å². The van der Waals surface area contributed by atoms with Gasteiger partial charge in [0.15, 0.2) is 5.44 Å². The molecule has 0 aromatic carbocycles. The number of aliphatic hydroxyl groups is 1. The van der Waals surface area contributed by atoms with E-state index >= 15 is 0 Å². The van der Waals surface area contributed by atoms with E-state index < -0.39 is 22.0 Å². The Bertz CT molecular complexity index is 364. The first-order chi connectivity index (χ1) is 9.88. The lowest BCUT2D eigenvalue weighted by Gasteiger charge is -2.06. The van der Waals surface area contributed by atoms with Crippen LogP contribution in [0.1, 0.15) is 84.0 Å². The number of carbonyl (C=O) groups is 1. The number of Topliss-reactive ketones (excluding diaryl/α,β-unsaturated/α-hetero) is 1. The van der Waals surface area contributed by atoms with Gasteiger partial charge in [0.1, 0.15) is 5.78 Å². The molecule has 6 heteroatoms. The summed E-state index contributed by atoms with van der Waals surface area (Å²) < 4.78 is 29.7. The number of hydrogen-bond acceptors (Lipinski definition) is 4. The highest BCUT2D eigenvalue weighted by molar-refractivity contribution is 7.86. The molecule has 0 saturated heterocycles. The summed E-state index contributed by atoms with van der Waals surface area (Å²) in [6, 6.07) is 0. The van der Waals surface area contributed by atoms with Crippen LogP contribution >= 0.6 is 0 Å². The molecule has 0 radical (unpaired) electrons. The lowest BCUT2D eigenvalue weighted by atomic mass is 10.0. The first-order valence-electron chi connectivity index (χ1n) is 8.04. The number of unbranched alkanes of at least 4 members (excludes halogenated alkanes) is 9. The van der Waals surface area contributed by atoms with Crippen molar-refractivity contribution in [1.29, 1.82) is 0 Å². The van der Waals surface area contributed by atoms with Gasteiger partial charge in [-0.05, 0) is 6.42 Å². The van der Waals surface area contributed by atoms with Gasteiger partial charge in [-0.15, -0.1) is 0 Å². The van der Waals surface area contributed by atoms with Gasteiger partial charge < -0.3 is 5.11 Å². The molecular weight excluding hydrogens is 292 g/mol. The fourth-order valence-corrected chi connectivity index (χ4v) is 2.61. The molecule has 0 rings (SSSR count). The van der Waals surface area contributed by atoms with Gasteiger partial charge in [-0.25, -0.2) is 0 Å². The zero-order valence-electron chi connectivity index (χ0n) is 13.1. The van der Waals surface area contributed by atoms with Gasteiger partial charge in [-0.3, -0.25) is 9.35 Å². The summed E-state index contributed by atoms with van der Waals surface area (Å²) in [5.74, 6) is -0.320. The van der Waals surface area contributed by atoms with Crippen molar-refractivity contribution in [3.63, 3.8) is 0 Å². The van der Waals surface area contributed by atoms with Crippen molar-refractivity contribution in [2.24, 2.45) is 0 Å². The minimum atomic E-state index is -4.52. The largest absolute Gasteiger partial charge is 0.375 e. The molecule has 0 amide bonds. The van der Waals surface area contributed by atoms with Crippen molar-refractivity contribution >= 4 is 15.9 Å². The molecule has 0 aliphatic rings. The molecule has 2 N–H and O–H groups in total. The molecule has 0 spiro atoms. The molecule has 1 atom stereocenters. The number of hydrogen-bond donors (Lipinski definition) is 2. The van der Waals surface area contributed by atoms with Crippen molar-refractivity contribution in [3.8, 4) is 0 Å². The monoisotopic (exact) mass is 322 g/mol. The Hall–Kier alpha value is -0.460. The van der Waals surface area contributed by atoms with Gasteiger partial charge in [0.25, 0.3) is 10.1 Å². The molecule has 0 aromatic heterocycles. The highest BCUT2D eigenvalue weighted by Gasteiger charge is 2.22. The predicted molar refractivity (Wildman–Crippen MR) is 83.6 cm³/mol. The molecule has 0 aliphatic carbocycles. The Morgan fingerprint density at radius 1 is 0.905 bits per heavy atom. The van der Waals surface area contributed by atoms with Crippen LogP contribution in [0.15, 0.2) is 0 Å². The second-order valence-electron chi connectivity index (χ2n) is 5.64. The fourth-order valence-electron chi connectivity index (χ4n) is 2.21. The molecule has 0 aromatic rings. The molecule has 0 heterocycles. The van der Waals surface area contributed by atoms with Gasteiger partial charge in [0, 0.05) is 12.8 Å². The molecule has 1 unspecified atom stereocenters. The Balaban J connectivity index is 3.41. The van der Waals surface area contributed by atoms with Crippen LogP contribution in [0.4, 0.5) is 0 Å². The standard InChI is InChI=1S/C15H30O5S/c1-2-3-4-5-6-7-8-9-10-11-12-14(16)13-15(17)21(18,19)20/h15,17H,2-13H2,1H3,(H,18,19,20). The molecule has 0 fully saturated rings. The number of aliphatic hydroxyl groups excluding tert-OH is 1. The van der Waals surface area contributed by atoms with Crippen molar-refractivity contribution in [3.05, 3.63) is 0 Å². The lowest BCUT2D eigenvalue weighted by Crippen LogP contribution is -2.23. The van der Waals surface area contributed by atoms with Gasteiger partial charge in [0.05, 0.1) is 0 Å². The van der Waals surface area contributed by atoms with Crippen molar-refractivity contribution < 1.29 is 22.9 Å². The van der Waals surface area contributed by atoms with Crippen molar-refractivity contribution in [2.45, 2.75) is 89.4 Å². The minimum Gasteiger partial charge on any atom is -0.375 e. The van der Waals surface area contributed by atoms with Crippen LogP contribution in [-0.4, -0.2) is 29.3 Å². The normalized spacial score (nSPS) is 13.3. The molecule has 0 saturated carbocycles. The third kappa shape index (κ3) is 13.0. The number of carbonyl (C=O) groups excluding carboxylic acids is 1. The zero-order chi connectivity index (χ0) is 16.1. The average Bonchev–Trinajstić information content (AvgIpc) is 2.39.